The van der Waals surface area contributed by atoms with Crippen molar-refractivity contribution < 1.29 is 4.39 Å². The molecule has 0 N–H and O–H groups in total. The molecule has 4 aromatic heterocycles. The number of hydrogen-bond acceptors (Lipinski definition) is 3. The Hall–Kier alpha value is -9.46. The molecule has 10 aromatic carbocycles. The van der Waals surface area contributed by atoms with Crippen LogP contribution in [0, 0.1) is 5.82 Å². The Morgan fingerprint density at radius 1 is 0.271 bits per heavy atom. The zero-order chi connectivity index (χ0) is 46.3. The van der Waals surface area contributed by atoms with E-state index in [1.807, 2.05) is 72.8 Å². The second-order valence-corrected chi connectivity index (χ2v) is 17.8. The van der Waals surface area contributed by atoms with Gasteiger partial charge in [0.05, 0.1) is 38.8 Å². The highest BCUT2D eigenvalue weighted by atomic mass is 19.1. The van der Waals surface area contributed by atoms with Crippen molar-refractivity contribution in [1.82, 2.24) is 28.7 Å². The molecule has 0 bridgehead atoms. The monoisotopic (exact) mass is 898 g/mol. The molecular weight excluding hydrogens is 860 g/mol. The average Bonchev–Trinajstić information content (AvgIpc) is 4.06. The highest BCUT2D eigenvalue weighted by molar-refractivity contribution is 6.14. The third-order valence-corrected chi connectivity index (χ3v) is 13.7. The highest BCUT2D eigenvalue weighted by Crippen LogP contribution is 2.42. The van der Waals surface area contributed by atoms with E-state index in [4.69, 9.17) is 15.0 Å². The van der Waals surface area contributed by atoms with Gasteiger partial charge in [0, 0.05) is 60.4 Å². The van der Waals surface area contributed by atoms with Crippen LogP contribution in [0.1, 0.15) is 0 Å². The van der Waals surface area contributed by atoms with E-state index in [1.54, 1.807) is 12.1 Å². The molecular formula is C63H39FN6. The molecule has 0 unspecified atom stereocenters. The molecule has 0 saturated heterocycles. The number of aromatic nitrogens is 6. The van der Waals surface area contributed by atoms with Crippen LogP contribution in [-0.2, 0) is 0 Å². The molecule has 4 heterocycles. The van der Waals surface area contributed by atoms with Crippen molar-refractivity contribution in [3.63, 3.8) is 0 Å². The molecule has 14 aromatic rings. The lowest BCUT2D eigenvalue weighted by molar-refractivity contribution is 0.628. The first-order valence-electron chi connectivity index (χ1n) is 23.5. The highest BCUT2D eigenvalue weighted by Gasteiger charge is 2.23. The summed E-state index contributed by atoms with van der Waals surface area (Å²) in [5.74, 6) is 1.34. The minimum atomic E-state index is -0.302. The molecule has 0 radical (unpaired) electrons. The summed E-state index contributed by atoms with van der Waals surface area (Å²) in [6.07, 6.45) is 0. The SMILES string of the molecule is Fc1cccc(-c2ccc(-c3nc(-c4ccccc4)nc(-c4ccccc4)n3)c(-n3c4cc(-n5c6ccccc6c6ccccc65)ccc4c4ccc(-n5c6ccccc6c6ccccc65)cc43)c2)c1. The lowest BCUT2D eigenvalue weighted by atomic mass is 10.0. The Balaban J connectivity index is 1.12. The molecule has 6 nitrogen and oxygen atoms in total. The van der Waals surface area contributed by atoms with Crippen molar-refractivity contribution in [2.45, 2.75) is 0 Å². The van der Waals surface area contributed by atoms with E-state index < -0.39 is 0 Å². The molecule has 0 spiro atoms. The largest absolute Gasteiger partial charge is 0.309 e. The van der Waals surface area contributed by atoms with Crippen LogP contribution < -0.4 is 0 Å². The Labute approximate surface area is 401 Å². The molecule has 7 heteroatoms. The van der Waals surface area contributed by atoms with Crippen LogP contribution in [0.4, 0.5) is 4.39 Å². The number of hydrogen-bond donors (Lipinski definition) is 0. The third-order valence-electron chi connectivity index (χ3n) is 13.7. The summed E-state index contributed by atoms with van der Waals surface area (Å²) >= 11 is 0. The van der Waals surface area contributed by atoms with Gasteiger partial charge in [0.15, 0.2) is 17.5 Å². The van der Waals surface area contributed by atoms with E-state index in [0.717, 1.165) is 88.8 Å². The smallest absolute Gasteiger partial charge is 0.166 e. The summed E-state index contributed by atoms with van der Waals surface area (Å²) in [4.78, 5) is 15.7. The first-order valence-corrected chi connectivity index (χ1v) is 23.5. The zero-order valence-electron chi connectivity index (χ0n) is 37.6. The Bertz CT molecular complexity index is 4040. The minimum absolute atomic E-state index is 0.302. The van der Waals surface area contributed by atoms with Gasteiger partial charge in [-0.2, -0.15) is 0 Å². The lowest BCUT2D eigenvalue weighted by Gasteiger charge is -2.17. The van der Waals surface area contributed by atoms with E-state index in [-0.39, 0.29) is 5.82 Å². The Kier molecular flexibility index (Phi) is 8.97. The Morgan fingerprint density at radius 2 is 0.671 bits per heavy atom. The summed E-state index contributed by atoms with van der Waals surface area (Å²) < 4.78 is 22.3. The quantitative estimate of drug-likeness (QED) is 0.160. The normalized spacial score (nSPS) is 11.8. The summed E-state index contributed by atoms with van der Waals surface area (Å²) in [7, 11) is 0. The van der Waals surface area contributed by atoms with Crippen LogP contribution >= 0.6 is 0 Å². The summed E-state index contributed by atoms with van der Waals surface area (Å²) in [6.45, 7) is 0. The van der Waals surface area contributed by atoms with Gasteiger partial charge >= 0.3 is 0 Å². The molecule has 70 heavy (non-hydrogen) atoms. The van der Waals surface area contributed by atoms with Gasteiger partial charge in [-0.1, -0.05) is 164 Å². The van der Waals surface area contributed by atoms with Crippen LogP contribution in [0.25, 0.3) is 128 Å². The van der Waals surface area contributed by atoms with Gasteiger partial charge in [0.25, 0.3) is 0 Å². The maximum absolute atomic E-state index is 15.2. The number of rotatable bonds is 7. The zero-order valence-corrected chi connectivity index (χ0v) is 37.6. The minimum Gasteiger partial charge on any atom is -0.309 e. The third kappa shape index (κ3) is 6.29. The van der Waals surface area contributed by atoms with E-state index >= 15 is 4.39 Å². The van der Waals surface area contributed by atoms with Crippen LogP contribution in [0.2, 0.25) is 0 Å². The molecule has 0 atom stereocenters. The second kappa shape index (κ2) is 15.8. The van der Waals surface area contributed by atoms with Crippen molar-refractivity contribution in [2.24, 2.45) is 0 Å². The molecule has 328 valence electrons. The van der Waals surface area contributed by atoms with Gasteiger partial charge < -0.3 is 13.7 Å². The number of nitrogens with zero attached hydrogens (tertiary/aromatic N) is 6. The van der Waals surface area contributed by atoms with E-state index in [0.29, 0.717) is 17.5 Å². The van der Waals surface area contributed by atoms with Gasteiger partial charge in [0.1, 0.15) is 5.82 Å². The number of benzene rings is 10. The molecule has 14 rings (SSSR count). The van der Waals surface area contributed by atoms with E-state index in [2.05, 4.69) is 159 Å². The topological polar surface area (TPSA) is 53.5 Å². The molecule has 0 aliphatic heterocycles. The first kappa shape index (κ1) is 39.7. The van der Waals surface area contributed by atoms with Gasteiger partial charge in [0.2, 0.25) is 0 Å². The average molecular weight is 899 g/mol. The van der Waals surface area contributed by atoms with Gasteiger partial charge in [-0.15, -0.1) is 0 Å². The summed E-state index contributed by atoms with van der Waals surface area (Å²) in [6, 6.07) is 81.3. The van der Waals surface area contributed by atoms with Gasteiger partial charge in [-0.3, -0.25) is 0 Å². The molecule has 0 fully saturated rings. The summed E-state index contributed by atoms with van der Waals surface area (Å²) in [5, 5.41) is 6.94. The fourth-order valence-corrected chi connectivity index (χ4v) is 10.6. The molecule has 0 aliphatic rings. The second-order valence-electron chi connectivity index (χ2n) is 17.8. The van der Waals surface area contributed by atoms with E-state index in [1.165, 1.54) is 27.6 Å². The number of halogens is 1. The van der Waals surface area contributed by atoms with Crippen LogP contribution in [-0.4, -0.2) is 28.7 Å². The first-order chi connectivity index (χ1) is 34.6. The lowest BCUT2D eigenvalue weighted by Crippen LogP contribution is -2.04. The maximum atomic E-state index is 15.2. The van der Waals surface area contributed by atoms with Crippen LogP contribution in [0.5, 0.6) is 0 Å². The summed E-state index contributed by atoms with van der Waals surface area (Å²) in [5.41, 5.74) is 13.5. The van der Waals surface area contributed by atoms with Crippen molar-refractivity contribution in [1.29, 1.82) is 0 Å². The van der Waals surface area contributed by atoms with Crippen LogP contribution in [0.15, 0.2) is 237 Å². The molecule has 0 saturated carbocycles. The van der Waals surface area contributed by atoms with Crippen LogP contribution in [0.3, 0.4) is 0 Å². The van der Waals surface area contributed by atoms with Crippen molar-refractivity contribution >= 4 is 65.4 Å². The molecule has 0 aliphatic carbocycles. The number of fused-ring (bicyclic) bond motifs is 9. The Morgan fingerprint density at radius 3 is 1.14 bits per heavy atom. The maximum Gasteiger partial charge on any atom is 0.166 e. The predicted octanol–water partition coefficient (Wildman–Crippen LogP) is 16.0. The molecule has 0 amide bonds. The fraction of sp³-hybridized carbons (Fsp3) is 0. The predicted molar refractivity (Wildman–Crippen MR) is 285 cm³/mol. The van der Waals surface area contributed by atoms with Gasteiger partial charge in [-0.05, 0) is 83.9 Å². The van der Waals surface area contributed by atoms with Crippen molar-refractivity contribution in [2.75, 3.05) is 0 Å². The van der Waals surface area contributed by atoms with Crippen molar-refractivity contribution in [3.05, 3.63) is 242 Å². The van der Waals surface area contributed by atoms with E-state index in [9.17, 15) is 0 Å². The number of para-hydroxylation sites is 4. The fourth-order valence-electron chi connectivity index (χ4n) is 10.6. The van der Waals surface area contributed by atoms with Crippen molar-refractivity contribution in [3.8, 4) is 62.4 Å². The standard InChI is InChI=1S/C63H39FN6/c64-44-21-15-20-42(36-44)43-30-33-53(63-66-61(40-16-3-1-4-17-40)65-62(67-63)41-18-5-2-6-19-41)58(37-43)70-59-38-45(68-54-26-11-7-22-47(54)48-23-8-12-27-55(48)68)31-34-51(59)52-35-32-46(39-60(52)70)69-56-28-13-9-24-49(56)50-25-10-14-29-57(50)69/h1-39H. The van der Waals surface area contributed by atoms with Gasteiger partial charge in [-0.25, -0.2) is 19.3 Å².